The zero-order valence-corrected chi connectivity index (χ0v) is 16.7. The van der Waals surface area contributed by atoms with E-state index in [-0.39, 0.29) is 11.7 Å². The summed E-state index contributed by atoms with van der Waals surface area (Å²) >= 11 is 0. The van der Waals surface area contributed by atoms with Crippen molar-refractivity contribution < 1.29 is 15.3 Å². The summed E-state index contributed by atoms with van der Waals surface area (Å²) in [5.74, 6) is 1.87. The van der Waals surface area contributed by atoms with Crippen LogP contribution >= 0.6 is 0 Å². The lowest BCUT2D eigenvalue weighted by atomic mass is 9.80. The predicted molar refractivity (Wildman–Crippen MR) is 110 cm³/mol. The molecule has 3 rings (SSSR count). The Morgan fingerprint density at radius 1 is 1.00 bits per heavy atom. The number of aliphatic hydroxyl groups is 2. The molecule has 3 atom stereocenters. The molecule has 0 amide bonds. The molecule has 3 nitrogen and oxygen atoms in total. The molecule has 1 aromatic rings. The Bertz CT molecular complexity index is 855. The second-order valence-corrected chi connectivity index (χ2v) is 8.20. The Balaban J connectivity index is 1.93. The maximum Gasteiger partial charge on any atom is 0.122 e. The number of benzene rings is 1. The molecule has 144 valence electrons. The first kappa shape index (κ1) is 19.3. The van der Waals surface area contributed by atoms with Gasteiger partial charge in [0.2, 0.25) is 0 Å². The van der Waals surface area contributed by atoms with Crippen LogP contribution in [0.4, 0.5) is 0 Å². The van der Waals surface area contributed by atoms with E-state index in [2.05, 4.69) is 26.8 Å². The number of hydrogen-bond acceptors (Lipinski definition) is 3. The molecule has 0 fully saturated rings. The van der Waals surface area contributed by atoms with Crippen LogP contribution in [0.1, 0.15) is 43.9 Å². The molecule has 2 aliphatic rings. The summed E-state index contributed by atoms with van der Waals surface area (Å²) in [4.78, 5) is 0. The monoisotopic (exact) mass is 366 g/mol. The van der Waals surface area contributed by atoms with Crippen LogP contribution in [0.25, 0.3) is 0 Å². The second-order valence-electron chi connectivity index (χ2n) is 8.20. The summed E-state index contributed by atoms with van der Waals surface area (Å²) in [5, 5.41) is 31.4. The zero-order valence-electron chi connectivity index (χ0n) is 16.7. The quantitative estimate of drug-likeness (QED) is 0.626. The number of aryl methyl sites for hydroxylation is 1. The third-order valence-electron chi connectivity index (χ3n) is 5.90. The van der Waals surface area contributed by atoms with Crippen molar-refractivity contribution in [1.29, 1.82) is 0 Å². The van der Waals surface area contributed by atoms with Gasteiger partial charge in [0.15, 0.2) is 0 Å². The Labute approximate surface area is 162 Å². The van der Waals surface area contributed by atoms with Gasteiger partial charge in [0, 0.05) is 12.8 Å². The van der Waals surface area contributed by atoms with Crippen molar-refractivity contribution in [3.8, 4) is 5.75 Å². The molecule has 0 saturated heterocycles. The van der Waals surface area contributed by atoms with E-state index in [1.165, 1.54) is 0 Å². The first-order valence-electron chi connectivity index (χ1n) is 9.78. The fraction of sp³-hybridized carbons (Fsp3) is 0.417. The molecule has 0 radical (unpaired) electrons. The molecule has 3 unspecified atom stereocenters. The summed E-state index contributed by atoms with van der Waals surface area (Å²) in [6, 6.07) is 3.97. The van der Waals surface area contributed by atoms with Crippen molar-refractivity contribution in [2.24, 2.45) is 17.8 Å². The third kappa shape index (κ3) is 4.13. The van der Waals surface area contributed by atoms with Crippen molar-refractivity contribution in [1.82, 2.24) is 0 Å². The predicted octanol–water partition coefficient (Wildman–Crippen LogP) is 5.85. The lowest BCUT2D eigenvalue weighted by molar-refractivity contribution is 0.385. The van der Waals surface area contributed by atoms with Crippen molar-refractivity contribution in [3.05, 3.63) is 75.8 Å². The average molecular weight is 367 g/mol. The molecule has 0 aromatic heterocycles. The summed E-state index contributed by atoms with van der Waals surface area (Å²) in [6.45, 7) is 8.39. The molecule has 3 heteroatoms. The van der Waals surface area contributed by atoms with Gasteiger partial charge in [-0.1, -0.05) is 50.6 Å². The topological polar surface area (TPSA) is 60.7 Å². The highest BCUT2D eigenvalue weighted by atomic mass is 16.3. The van der Waals surface area contributed by atoms with Gasteiger partial charge in [-0.2, -0.15) is 0 Å². The molecular weight excluding hydrogens is 336 g/mol. The Morgan fingerprint density at radius 3 is 2.37 bits per heavy atom. The van der Waals surface area contributed by atoms with Gasteiger partial charge < -0.3 is 15.3 Å². The van der Waals surface area contributed by atoms with Gasteiger partial charge in [-0.25, -0.2) is 0 Å². The van der Waals surface area contributed by atoms with E-state index in [4.69, 9.17) is 0 Å². The van der Waals surface area contributed by atoms with Crippen molar-refractivity contribution >= 4 is 0 Å². The van der Waals surface area contributed by atoms with E-state index in [0.717, 1.165) is 34.3 Å². The summed E-state index contributed by atoms with van der Waals surface area (Å²) in [7, 11) is 0. The number of phenols is 1. The summed E-state index contributed by atoms with van der Waals surface area (Å²) < 4.78 is 0. The zero-order chi connectivity index (χ0) is 19.7. The highest BCUT2D eigenvalue weighted by Gasteiger charge is 2.24. The molecule has 0 heterocycles. The van der Waals surface area contributed by atoms with E-state index in [0.29, 0.717) is 36.2 Å². The lowest BCUT2D eigenvalue weighted by Gasteiger charge is -2.26. The average Bonchev–Trinajstić information content (AvgIpc) is 2.62. The number of aromatic hydroxyl groups is 1. The van der Waals surface area contributed by atoms with Crippen LogP contribution in [0.3, 0.4) is 0 Å². The number of hydrogen-bond donors (Lipinski definition) is 3. The maximum absolute atomic E-state index is 10.9. The standard InChI is InChI=1S/C24H30O3/c1-14-5-7-22(25)18(9-14)12-19-10-15(2)11-20(24(19)27)13-21-17(4)16(3)6-8-23(21)26/h6-11,14,16-17,25-27H,5,12-13H2,1-4H3. The van der Waals surface area contributed by atoms with Crippen LogP contribution in [0.5, 0.6) is 5.75 Å². The number of allylic oxidation sites excluding steroid dienone is 6. The van der Waals surface area contributed by atoms with Crippen LogP contribution < -0.4 is 0 Å². The fourth-order valence-corrected chi connectivity index (χ4v) is 4.01. The van der Waals surface area contributed by atoms with Gasteiger partial charge in [-0.05, 0) is 65.5 Å². The Hall–Kier alpha value is -2.42. The van der Waals surface area contributed by atoms with Crippen LogP contribution in [-0.2, 0) is 12.8 Å². The van der Waals surface area contributed by atoms with Gasteiger partial charge in [0.1, 0.15) is 17.3 Å². The smallest absolute Gasteiger partial charge is 0.122 e. The van der Waals surface area contributed by atoms with Crippen LogP contribution in [0.2, 0.25) is 0 Å². The molecule has 3 N–H and O–H groups in total. The minimum Gasteiger partial charge on any atom is -0.508 e. The lowest BCUT2D eigenvalue weighted by Crippen LogP contribution is -2.16. The van der Waals surface area contributed by atoms with E-state index in [1.54, 1.807) is 6.08 Å². The van der Waals surface area contributed by atoms with Gasteiger partial charge in [0.25, 0.3) is 0 Å². The Kier molecular flexibility index (Phi) is 5.50. The molecule has 0 bridgehead atoms. The van der Waals surface area contributed by atoms with Gasteiger partial charge >= 0.3 is 0 Å². The SMILES string of the molecule is Cc1cc(CC2=CC(C)CC=C2O)c(O)c(CC2=C(O)C=CC(C)C2C)c1. The minimum atomic E-state index is 0.229. The van der Waals surface area contributed by atoms with Crippen molar-refractivity contribution in [2.75, 3.05) is 0 Å². The van der Waals surface area contributed by atoms with E-state index in [1.807, 2.05) is 31.2 Å². The molecule has 2 aliphatic carbocycles. The second kappa shape index (κ2) is 7.67. The Morgan fingerprint density at radius 2 is 1.67 bits per heavy atom. The number of phenolic OH excluding ortho intramolecular Hbond substituents is 1. The van der Waals surface area contributed by atoms with E-state index >= 15 is 0 Å². The largest absolute Gasteiger partial charge is 0.508 e. The van der Waals surface area contributed by atoms with Crippen molar-refractivity contribution in [2.45, 2.75) is 47.0 Å². The van der Waals surface area contributed by atoms with Crippen LogP contribution in [0, 0.1) is 24.7 Å². The van der Waals surface area contributed by atoms with Gasteiger partial charge in [0.05, 0.1) is 0 Å². The number of rotatable bonds is 4. The van der Waals surface area contributed by atoms with Crippen LogP contribution in [-0.4, -0.2) is 15.3 Å². The summed E-state index contributed by atoms with van der Waals surface area (Å²) in [6.07, 6.45) is 9.61. The molecule has 0 saturated carbocycles. The first-order valence-corrected chi connectivity index (χ1v) is 9.78. The molecule has 1 aromatic carbocycles. The fourth-order valence-electron chi connectivity index (χ4n) is 4.01. The molecular formula is C24H30O3. The molecule has 27 heavy (non-hydrogen) atoms. The highest BCUT2D eigenvalue weighted by Crippen LogP contribution is 2.36. The number of aliphatic hydroxyl groups excluding tert-OH is 2. The maximum atomic E-state index is 10.9. The third-order valence-corrected chi connectivity index (χ3v) is 5.90. The summed E-state index contributed by atoms with van der Waals surface area (Å²) in [5.41, 5.74) is 4.54. The van der Waals surface area contributed by atoms with Gasteiger partial charge in [-0.3, -0.25) is 0 Å². The normalized spacial score (nSPS) is 25.4. The van der Waals surface area contributed by atoms with Crippen molar-refractivity contribution in [3.63, 3.8) is 0 Å². The first-order chi connectivity index (χ1) is 12.8. The van der Waals surface area contributed by atoms with Crippen LogP contribution in [0.15, 0.2) is 59.1 Å². The van der Waals surface area contributed by atoms with E-state index in [9.17, 15) is 15.3 Å². The molecule has 0 spiro atoms. The minimum absolute atomic E-state index is 0.229. The van der Waals surface area contributed by atoms with Gasteiger partial charge in [-0.15, -0.1) is 0 Å². The molecule has 0 aliphatic heterocycles. The highest BCUT2D eigenvalue weighted by molar-refractivity contribution is 5.49. The van der Waals surface area contributed by atoms with E-state index < -0.39 is 0 Å².